The van der Waals surface area contributed by atoms with Gasteiger partial charge in [-0.05, 0) is 43.2 Å². The summed E-state index contributed by atoms with van der Waals surface area (Å²) in [5, 5.41) is 17.2. The number of carbonyl (C=O) groups excluding carboxylic acids is 1. The van der Waals surface area contributed by atoms with Crippen molar-refractivity contribution in [3.63, 3.8) is 0 Å². The summed E-state index contributed by atoms with van der Waals surface area (Å²) in [7, 11) is 0. The van der Waals surface area contributed by atoms with E-state index >= 15 is 0 Å². The molecule has 2 aromatic carbocycles. The second-order valence-electron chi connectivity index (χ2n) is 7.17. The molecule has 2 N–H and O–H groups in total. The quantitative estimate of drug-likeness (QED) is 0.171. The van der Waals surface area contributed by atoms with Crippen molar-refractivity contribution in [2.45, 2.75) is 43.8 Å². The zero-order valence-electron chi connectivity index (χ0n) is 18.7. The molecule has 1 heterocycles. The Labute approximate surface area is 203 Å². The number of amides is 1. The fraction of sp³-hybridized carbons (Fsp3) is 0.250. The number of hydrogen-bond donors (Lipinski definition) is 2. The smallest absolute Gasteiger partial charge is 0.253 e. The fourth-order valence-corrected chi connectivity index (χ4v) is 4.00. The molecule has 0 saturated carbocycles. The molecular formula is C24H27ClN6OS. The second-order valence-corrected chi connectivity index (χ2v) is 8.92. The van der Waals surface area contributed by atoms with Crippen molar-refractivity contribution in [3.8, 4) is 0 Å². The molecule has 0 aliphatic heterocycles. The maximum Gasteiger partial charge on any atom is 0.253 e. The SMILES string of the molecule is C=CCn1c(CNc2ccc(Cl)cc2)nnc1S[C@H](C)C(=O)N/N=C(/CC)c1ccccc1. The van der Waals surface area contributed by atoms with Crippen molar-refractivity contribution in [2.24, 2.45) is 5.10 Å². The average molecular weight is 483 g/mol. The van der Waals surface area contributed by atoms with Crippen LogP contribution in [0.2, 0.25) is 5.02 Å². The number of hydrogen-bond acceptors (Lipinski definition) is 6. The first-order valence-corrected chi connectivity index (χ1v) is 11.9. The highest BCUT2D eigenvalue weighted by molar-refractivity contribution is 8.00. The van der Waals surface area contributed by atoms with Gasteiger partial charge in [-0.1, -0.05) is 66.7 Å². The minimum atomic E-state index is -0.410. The van der Waals surface area contributed by atoms with E-state index in [2.05, 4.69) is 32.6 Å². The lowest BCUT2D eigenvalue weighted by atomic mass is 10.1. The third-order valence-corrected chi connectivity index (χ3v) is 6.13. The molecule has 1 aromatic heterocycles. The number of allylic oxidation sites excluding steroid dienone is 1. The van der Waals surface area contributed by atoms with E-state index in [4.69, 9.17) is 11.6 Å². The van der Waals surface area contributed by atoms with Crippen LogP contribution in [0.15, 0.2) is 77.5 Å². The van der Waals surface area contributed by atoms with E-state index in [0.717, 1.165) is 22.8 Å². The Balaban J connectivity index is 1.65. The Morgan fingerprint density at radius 2 is 1.94 bits per heavy atom. The Hall–Kier alpha value is -3.10. The summed E-state index contributed by atoms with van der Waals surface area (Å²) in [5.41, 5.74) is 5.43. The molecule has 3 aromatic rings. The highest BCUT2D eigenvalue weighted by Gasteiger charge is 2.20. The number of nitrogens with one attached hydrogen (secondary N) is 2. The van der Waals surface area contributed by atoms with Crippen molar-refractivity contribution in [1.29, 1.82) is 0 Å². The fourth-order valence-electron chi connectivity index (χ4n) is 3.00. The summed E-state index contributed by atoms with van der Waals surface area (Å²) >= 11 is 7.28. The van der Waals surface area contributed by atoms with Gasteiger partial charge in [0.1, 0.15) is 0 Å². The van der Waals surface area contributed by atoms with E-state index in [1.54, 1.807) is 6.08 Å². The number of carbonyl (C=O) groups is 1. The number of rotatable bonds is 11. The lowest BCUT2D eigenvalue weighted by molar-refractivity contribution is -0.120. The molecule has 172 valence electrons. The highest BCUT2D eigenvalue weighted by atomic mass is 35.5. The van der Waals surface area contributed by atoms with Crippen LogP contribution in [0.1, 0.15) is 31.7 Å². The summed E-state index contributed by atoms with van der Waals surface area (Å²) in [6, 6.07) is 17.3. The third kappa shape index (κ3) is 6.94. The molecule has 33 heavy (non-hydrogen) atoms. The molecule has 0 saturated heterocycles. The van der Waals surface area contributed by atoms with E-state index < -0.39 is 5.25 Å². The van der Waals surface area contributed by atoms with Gasteiger partial charge in [-0.15, -0.1) is 16.8 Å². The van der Waals surface area contributed by atoms with Crippen molar-refractivity contribution in [1.82, 2.24) is 20.2 Å². The predicted molar refractivity (Wildman–Crippen MR) is 136 cm³/mol. The minimum Gasteiger partial charge on any atom is -0.378 e. The largest absolute Gasteiger partial charge is 0.378 e. The van der Waals surface area contributed by atoms with E-state index in [1.807, 2.05) is 73.0 Å². The molecule has 0 radical (unpaired) electrons. The third-order valence-electron chi connectivity index (χ3n) is 4.79. The molecule has 1 amide bonds. The van der Waals surface area contributed by atoms with E-state index in [9.17, 15) is 4.79 Å². The van der Waals surface area contributed by atoms with Gasteiger partial charge in [0.15, 0.2) is 11.0 Å². The molecule has 0 fully saturated rings. The van der Waals surface area contributed by atoms with Crippen LogP contribution < -0.4 is 10.7 Å². The monoisotopic (exact) mass is 482 g/mol. The first-order valence-electron chi connectivity index (χ1n) is 10.6. The van der Waals surface area contributed by atoms with Gasteiger partial charge in [0, 0.05) is 17.3 Å². The van der Waals surface area contributed by atoms with Gasteiger partial charge >= 0.3 is 0 Å². The zero-order valence-corrected chi connectivity index (χ0v) is 20.2. The number of halogens is 1. The number of hydrazone groups is 1. The van der Waals surface area contributed by atoms with E-state index in [1.165, 1.54) is 11.8 Å². The van der Waals surface area contributed by atoms with Crippen molar-refractivity contribution in [3.05, 3.63) is 83.7 Å². The van der Waals surface area contributed by atoms with Crippen molar-refractivity contribution in [2.75, 3.05) is 5.32 Å². The Morgan fingerprint density at radius 1 is 1.21 bits per heavy atom. The number of anilines is 1. The Kier molecular flexibility index (Phi) is 9.09. The van der Waals surface area contributed by atoms with Gasteiger partial charge in [-0.25, -0.2) is 5.43 Å². The maximum absolute atomic E-state index is 12.7. The molecule has 0 aliphatic rings. The molecule has 1 atom stereocenters. The van der Waals surface area contributed by atoms with Crippen LogP contribution in [0.25, 0.3) is 0 Å². The standard InChI is InChI=1S/C24H27ClN6OS/c1-4-15-31-22(16-26-20-13-11-19(25)12-14-20)28-30-24(31)33-17(3)23(32)29-27-21(5-2)18-9-7-6-8-10-18/h4,6-14,17,26H,1,5,15-16H2,2-3H3,(H,29,32)/b27-21-/t17-/m1/s1. The number of nitrogens with zero attached hydrogens (tertiary/aromatic N) is 4. The van der Waals surface area contributed by atoms with Crippen LogP contribution in [0.5, 0.6) is 0 Å². The van der Waals surface area contributed by atoms with Crippen LogP contribution in [0.3, 0.4) is 0 Å². The average Bonchev–Trinajstić information content (AvgIpc) is 3.21. The van der Waals surface area contributed by atoms with Crippen LogP contribution in [0.4, 0.5) is 5.69 Å². The number of benzene rings is 2. The summed E-state index contributed by atoms with van der Waals surface area (Å²) < 4.78 is 1.94. The normalized spacial score (nSPS) is 12.3. The molecule has 0 aliphatic carbocycles. The first-order chi connectivity index (χ1) is 16.0. The lowest BCUT2D eigenvalue weighted by Crippen LogP contribution is -2.28. The molecule has 0 unspecified atom stereocenters. The minimum absolute atomic E-state index is 0.198. The van der Waals surface area contributed by atoms with Gasteiger partial charge in [-0.2, -0.15) is 5.10 Å². The second kappa shape index (κ2) is 12.2. The molecule has 3 rings (SSSR count). The van der Waals surface area contributed by atoms with Gasteiger partial charge in [0.25, 0.3) is 5.91 Å². The topological polar surface area (TPSA) is 84.2 Å². The van der Waals surface area contributed by atoms with Gasteiger partial charge in [0.05, 0.1) is 17.5 Å². The lowest BCUT2D eigenvalue weighted by Gasteiger charge is -2.12. The maximum atomic E-state index is 12.7. The summed E-state index contributed by atoms with van der Waals surface area (Å²) in [4.78, 5) is 12.7. The Morgan fingerprint density at radius 3 is 2.61 bits per heavy atom. The molecule has 7 nitrogen and oxygen atoms in total. The van der Waals surface area contributed by atoms with Crippen molar-refractivity contribution < 1.29 is 4.79 Å². The highest BCUT2D eigenvalue weighted by Crippen LogP contribution is 2.23. The summed E-state index contributed by atoms with van der Waals surface area (Å²) in [6.07, 6.45) is 2.49. The number of aromatic nitrogens is 3. The molecular weight excluding hydrogens is 456 g/mol. The molecule has 9 heteroatoms. The summed E-state index contributed by atoms with van der Waals surface area (Å²) in [5.74, 6) is 0.547. The van der Waals surface area contributed by atoms with Crippen LogP contribution >= 0.6 is 23.4 Å². The van der Waals surface area contributed by atoms with Gasteiger partial charge < -0.3 is 9.88 Å². The van der Waals surface area contributed by atoms with Gasteiger partial charge in [0.2, 0.25) is 0 Å². The first kappa shape index (κ1) is 24.5. The summed E-state index contributed by atoms with van der Waals surface area (Å²) in [6.45, 7) is 8.67. The van der Waals surface area contributed by atoms with Crippen LogP contribution in [-0.2, 0) is 17.9 Å². The molecule has 0 spiro atoms. The predicted octanol–water partition coefficient (Wildman–Crippen LogP) is 5.14. The Bertz CT molecular complexity index is 1100. The van der Waals surface area contributed by atoms with E-state index in [0.29, 0.717) is 29.7 Å². The van der Waals surface area contributed by atoms with Crippen LogP contribution in [0, 0.1) is 0 Å². The van der Waals surface area contributed by atoms with Gasteiger partial charge in [-0.3, -0.25) is 4.79 Å². The zero-order chi connectivity index (χ0) is 23.6. The van der Waals surface area contributed by atoms with E-state index in [-0.39, 0.29) is 5.91 Å². The molecule has 0 bridgehead atoms. The van der Waals surface area contributed by atoms with Crippen molar-refractivity contribution >= 4 is 40.7 Å². The van der Waals surface area contributed by atoms with Crippen LogP contribution in [-0.4, -0.2) is 31.6 Å². The number of thioether (sulfide) groups is 1.